The zero-order valence-electron chi connectivity index (χ0n) is 25.0. The summed E-state index contributed by atoms with van der Waals surface area (Å²) in [6.07, 6.45) is 3.74. The van der Waals surface area contributed by atoms with E-state index in [0.29, 0.717) is 97.4 Å². The van der Waals surface area contributed by atoms with Crippen LogP contribution in [0.25, 0.3) is 10.9 Å². The lowest BCUT2D eigenvalue weighted by Crippen LogP contribution is -2.34. The minimum atomic E-state index is -0.421. The van der Waals surface area contributed by atoms with E-state index in [2.05, 4.69) is 10.6 Å². The molecule has 13 heteroatoms. The maximum absolute atomic E-state index is 13.7. The van der Waals surface area contributed by atoms with Gasteiger partial charge in [0.25, 0.3) is 5.56 Å². The second-order valence-corrected chi connectivity index (χ2v) is 11.7. The molecule has 12 nitrogen and oxygen atoms in total. The van der Waals surface area contributed by atoms with E-state index < -0.39 is 5.25 Å². The van der Waals surface area contributed by atoms with Gasteiger partial charge in [-0.05, 0) is 49.4 Å². The van der Waals surface area contributed by atoms with Crippen LogP contribution in [0.4, 0.5) is 0 Å². The summed E-state index contributed by atoms with van der Waals surface area (Å²) >= 11 is 1.29. The predicted molar refractivity (Wildman–Crippen MR) is 164 cm³/mol. The predicted octanol–water partition coefficient (Wildman–Crippen LogP) is 3.75. The van der Waals surface area contributed by atoms with Gasteiger partial charge < -0.3 is 34.3 Å². The molecule has 1 aromatic heterocycles. The van der Waals surface area contributed by atoms with Crippen molar-refractivity contribution in [3.8, 4) is 23.0 Å². The molecule has 2 aliphatic heterocycles. The van der Waals surface area contributed by atoms with E-state index in [0.717, 1.165) is 12.0 Å². The second kappa shape index (κ2) is 15.2. The van der Waals surface area contributed by atoms with Crippen LogP contribution in [0.5, 0.6) is 23.0 Å². The van der Waals surface area contributed by atoms with Crippen molar-refractivity contribution in [2.24, 2.45) is 0 Å². The van der Waals surface area contributed by atoms with Crippen LogP contribution in [-0.4, -0.2) is 60.5 Å². The van der Waals surface area contributed by atoms with Gasteiger partial charge in [0.1, 0.15) is 0 Å². The zero-order valence-corrected chi connectivity index (χ0v) is 25.8. The Kier molecular flexibility index (Phi) is 10.8. The number of benzene rings is 2. The Hall–Kier alpha value is -3.97. The standard InChI is InChI=1S/C31H38N4O8S/c1-3-27(29(37)32-11-7-13-39-2)44-31-34-22-16-26-25(42-19-43-26)15-21(22)30(38)35(31)12-6-4-5-8-28(36)33-17-20-9-10-23-24(14-20)41-18-40-23/h9-10,14-16,27H,3-8,11-13,17-19H2,1-2H3,(H,32,37)(H,33,36)/t27-/m0/s1. The summed E-state index contributed by atoms with van der Waals surface area (Å²) < 4.78 is 28.4. The highest BCUT2D eigenvalue weighted by Crippen LogP contribution is 2.36. The minimum Gasteiger partial charge on any atom is -0.454 e. The minimum absolute atomic E-state index is 0.0400. The van der Waals surface area contributed by atoms with Crippen LogP contribution in [0.15, 0.2) is 40.3 Å². The fourth-order valence-electron chi connectivity index (χ4n) is 4.94. The second-order valence-electron chi connectivity index (χ2n) is 10.5. The highest BCUT2D eigenvalue weighted by Gasteiger charge is 2.24. The number of methoxy groups -OCH3 is 1. The van der Waals surface area contributed by atoms with Crippen molar-refractivity contribution in [1.29, 1.82) is 0 Å². The number of amides is 2. The largest absolute Gasteiger partial charge is 0.454 e. The number of unbranched alkanes of at least 4 members (excludes halogenated alkanes) is 2. The molecule has 3 aromatic rings. The molecular weight excluding hydrogens is 588 g/mol. The number of hydrogen-bond acceptors (Lipinski definition) is 10. The van der Waals surface area contributed by atoms with Gasteiger partial charge in [0, 0.05) is 45.8 Å². The van der Waals surface area contributed by atoms with Crippen molar-refractivity contribution >= 4 is 34.5 Å². The highest BCUT2D eigenvalue weighted by molar-refractivity contribution is 8.00. The fraction of sp³-hybridized carbons (Fsp3) is 0.484. The topological polar surface area (TPSA) is 139 Å². The molecule has 1 atom stereocenters. The van der Waals surface area contributed by atoms with Gasteiger partial charge in [0.15, 0.2) is 28.2 Å². The van der Waals surface area contributed by atoms with E-state index in [1.807, 2.05) is 25.1 Å². The Balaban J connectivity index is 1.20. The van der Waals surface area contributed by atoms with Gasteiger partial charge in [0.2, 0.25) is 25.4 Å². The third-order valence-corrected chi connectivity index (χ3v) is 8.72. The summed E-state index contributed by atoms with van der Waals surface area (Å²) in [6, 6.07) is 8.99. The van der Waals surface area contributed by atoms with Crippen molar-refractivity contribution in [2.75, 3.05) is 33.8 Å². The average Bonchev–Trinajstić information content (AvgIpc) is 3.70. The van der Waals surface area contributed by atoms with Crippen LogP contribution < -0.4 is 35.1 Å². The maximum atomic E-state index is 13.7. The summed E-state index contributed by atoms with van der Waals surface area (Å²) in [5.41, 5.74) is 1.23. The third kappa shape index (κ3) is 7.75. The van der Waals surface area contributed by atoms with Gasteiger partial charge in [-0.15, -0.1) is 0 Å². The number of carbonyl (C=O) groups is 2. The summed E-state index contributed by atoms with van der Waals surface area (Å²) in [6.45, 7) is 4.12. The van der Waals surface area contributed by atoms with Gasteiger partial charge in [-0.3, -0.25) is 19.0 Å². The number of fused-ring (bicyclic) bond motifs is 3. The first-order valence-corrected chi connectivity index (χ1v) is 15.8. The van der Waals surface area contributed by atoms with Crippen LogP contribution in [0.2, 0.25) is 0 Å². The molecule has 0 radical (unpaired) electrons. The van der Waals surface area contributed by atoms with Crippen molar-refractivity contribution in [3.63, 3.8) is 0 Å². The number of thioether (sulfide) groups is 1. The van der Waals surface area contributed by atoms with Crippen LogP contribution >= 0.6 is 11.8 Å². The van der Waals surface area contributed by atoms with Gasteiger partial charge in [-0.1, -0.05) is 31.2 Å². The fourth-order valence-corrected chi connectivity index (χ4v) is 6.01. The van der Waals surface area contributed by atoms with Crippen LogP contribution in [0.3, 0.4) is 0 Å². The Morgan fingerprint density at radius 1 is 0.977 bits per heavy atom. The van der Waals surface area contributed by atoms with Crippen LogP contribution in [0, 0.1) is 0 Å². The molecule has 0 unspecified atom stereocenters. The molecule has 5 rings (SSSR count). The molecule has 0 saturated heterocycles. The lowest BCUT2D eigenvalue weighted by molar-refractivity contribution is -0.121. The number of ether oxygens (including phenoxy) is 5. The summed E-state index contributed by atoms with van der Waals surface area (Å²) in [7, 11) is 1.63. The molecule has 44 heavy (non-hydrogen) atoms. The maximum Gasteiger partial charge on any atom is 0.262 e. The molecule has 3 heterocycles. The molecule has 0 saturated carbocycles. The molecule has 0 aliphatic carbocycles. The Bertz CT molecular complexity index is 1550. The first-order valence-electron chi connectivity index (χ1n) is 14.9. The van der Waals surface area contributed by atoms with Gasteiger partial charge in [-0.2, -0.15) is 0 Å². The normalized spacial score (nSPS) is 13.7. The monoisotopic (exact) mass is 626 g/mol. The van der Waals surface area contributed by atoms with Gasteiger partial charge >= 0.3 is 0 Å². The molecular formula is C31H38N4O8S. The first-order chi connectivity index (χ1) is 21.5. The lowest BCUT2D eigenvalue weighted by Gasteiger charge is -2.18. The zero-order chi connectivity index (χ0) is 30.9. The van der Waals surface area contributed by atoms with E-state index in [1.165, 1.54) is 11.8 Å². The molecule has 2 aliphatic rings. The van der Waals surface area contributed by atoms with Crippen molar-refractivity contribution in [1.82, 2.24) is 20.2 Å². The molecule has 0 spiro atoms. The first kappa shape index (κ1) is 31.5. The number of nitrogens with zero attached hydrogens (tertiary/aromatic N) is 2. The third-order valence-electron chi connectivity index (χ3n) is 7.36. The summed E-state index contributed by atoms with van der Waals surface area (Å²) in [4.78, 5) is 43.9. The molecule has 2 aromatic carbocycles. The molecule has 0 bridgehead atoms. The van der Waals surface area contributed by atoms with Crippen molar-refractivity contribution in [2.45, 2.75) is 68.9 Å². The lowest BCUT2D eigenvalue weighted by atomic mass is 10.1. The number of nitrogens with one attached hydrogen (secondary N) is 2. The van der Waals surface area contributed by atoms with E-state index in [-0.39, 0.29) is 31.0 Å². The van der Waals surface area contributed by atoms with E-state index in [9.17, 15) is 14.4 Å². The smallest absolute Gasteiger partial charge is 0.262 e. The molecule has 0 fully saturated rings. The molecule has 2 amide bonds. The van der Waals surface area contributed by atoms with E-state index in [4.69, 9.17) is 28.7 Å². The Morgan fingerprint density at radius 2 is 1.73 bits per heavy atom. The van der Waals surface area contributed by atoms with Crippen LogP contribution in [-0.2, 0) is 27.4 Å². The Labute approximate surface area is 259 Å². The van der Waals surface area contributed by atoms with Crippen molar-refractivity contribution in [3.05, 3.63) is 46.2 Å². The number of carbonyl (C=O) groups excluding carboxylic acids is 2. The van der Waals surface area contributed by atoms with E-state index >= 15 is 0 Å². The van der Waals surface area contributed by atoms with Gasteiger partial charge in [0.05, 0.1) is 16.2 Å². The number of hydrogen-bond donors (Lipinski definition) is 2. The quantitative estimate of drug-likeness (QED) is 0.137. The molecule has 2 N–H and O–H groups in total. The van der Waals surface area contributed by atoms with Gasteiger partial charge in [-0.25, -0.2) is 4.98 Å². The highest BCUT2D eigenvalue weighted by atomic mass is 32.2. The van der Waals surface area contributed by atoms with E-state index in [1.54, 1.807) is 23.8 Å². The van der Waals surface area contributed by atoms with Crippen molar-refractivity contribution < 1.29 is 33.3 Å². The summed E-state index contributed by atoms with van der Waals surface area (Å²) in [5.74, 6) is 2.30. The number of rotatable bonds is 16. The number of aromatic nitrogens is 2. The Morgan fingerprint density at radius 3 is 2.50 bits per heavy atom. The molecule has 236 valence electrons. The summed E-state index contributed by atoms with van der Waals surface area (Å²) in [5, 5.41) is 6.38. The van der Waals surface area contributed by atoms with Crippen LogP contribution in [0.1, 0.15) is 51.0 Å². The SMILES string of the molecule is CC[C@H](Sc1nc2cc3c(cc2c(=O)n1CCCCCC(=O)NCc1ccc2c(c1)OCO2)OCO3)C(=O)NCCCOC. The average molecular weight is 627 g/mol.